The van der Waals surface area contributed by atoms with Gasteiger partial charge in [0.05, 0.1) is 0 Å². The van der Waals surface area contributed by atoms with Crippen LogP contribution in [0.25, 0.3) is 11.4 Å². The summed E-state index contributed by atoms with van der Waals surface area (Å²) in [4.78, 5) is 16.1. The fourth-order valence-corrected chi connectivity index (χ4v) is 2.42. The number of amides is 1. The second kappa shape index (κ2) is 7.90. The van der Waals surface area contributed by atoms with Gasteiger partial charge in [-0.1, -0.05) is 35.0 Å². The van der Waals surface area contributed by atoms with Crippen molar-refractivity contribution in [1.29, 1.82) is 0 Å². The third-order valence-corrected chi connectivity index (χ3v) is 3.94. The van der Waals surface area contributed by atoms with Crippen molar-refractivity contribution in [2.45, 2.75) is 19.4 Å². The van der Waals surface area contributed by atoms with Crippen LogP contribution in [0.5, 0.6) is 0 Å². The maximum absolute atomic E-state index is 12.9. The van der Waals surface area contributed by atoms with Gasteiger partial charge in [-0.25, -0.2) is 4.39 Å². The van der Waals surface area contributed by atoms with Gasteiger partial charge in [-0.2, -0.15) is 4.98 Å². The molecule has 3 rings (SSSR count). The van der Waals surface area contributed by atoms with Gasteiger partial charge in [-0.15, -0.1) is 0 Å². The molecule has 0 aliphatic heterocycles. The summed E-state index contributed by atoms with van der Waals surface area (Å²) >= 11 is 6.04. The number of nitrogens with one attached hydrogen (secondary N) is 1. The minimum absolute atomic E-state index is 0.138. The number of nitrogens with zero attached hydrogens (tertiary/aromatic N) is 2. The summed E-state index contributed by atoms with van der Waals surface area (Å²) in [6, 6.07) is 13.1. The molecular formula is C18H15ClFN3O2. The lowest BCUT2D eigenvalue weighted by atomic mass is 10.2. The van der Waals surface area contributed by atoms with E-state index in [9.17, 15) is 9.18 Å². The van der Waals surface area contributed by atoms with Gasteiger partial charge in [0.15, 0.2) is 0 Å². The maximum Gasteiger partial charge on any atom is 0.227 e. The number of aromatic nitrogens is 2. The van der Waals surface area contributed by atoms with Crippen LogP contribution in [0.4, 0.5) is 4.39 Å². The molecule has 0 radical (unpaired) electrons. The second-order valence-electron chi connectivity index (χ2n) is 5.39. The quantitative estimate of drug-likeness (QED) is 0.727. The highest BCUT2D eigenvalue weighted by atomic mass is 35.5. The van der Waals surface area contributed by atoms with Crippen LogP contribution in [0.3, 0.4) is 0 Å². The van der Waals surface area contributed by atoms with Gasteiger partial charge in [0, 0.05) is 30.0 Å². The first kappa shape index (κ1) is 17.1. The first-order valence-corrected chi connectivity index (χ1v) is 8.08. The fraction of sp³-hybridized carbons (Fsp3) is 0.167. The molecule has 0 fully saturated rings. The van der Waals surface area contributed by atoms with E-state index in [2.05, 4.69) is 15.5 Å². The van der Waals surface area contributed by atoms with E-state index in [1.54, 1.807) is 18.2 Å². The van der Waals surface area contributed by atoms with E-state index < -0.39 is 0 Å². The summed E-state index contributed by atoms with van der Waals surface area (Å²) < 4.78 is 18.0. The molecule has 2 aromatic carbocycles. The molecule has 0 saturated heterocycles. The summed E-state index contributed by atoms with van der Waals surface area (Å²) in [5, 5.41) is 7.26. The monoisotopic (exact) mass is 359 g/mol. The lowest BCUT2D eigenvalue weighted by molar-refractivity contribution is -0.121. The minimum atomic E-state index is -0.331. The third-order valence-electron chi connectivity index (χ3n) is 3.57. The van der Waals surface area contributed by atoms with E-state index in [1.165, 1.54) is 12.1 Å². The molecule has 5 nitrogen and oxygen atoms in total. The molecule has 0 spiro atoms. The van der Waals surface area contributed by atoms with Crippen molar-refractivity contribution in [2.24, 2.45) is 0 Å². The molecule has 0 aliphatic rings. The van der Waals surface area contributed by atoms with Gasteiger partial charge >= 0.3 is 0 Å². The molecule has 1 N–H and O–H groups in total. The molecule has 0 saturated carbocycles. The van der Waals surface area contributed by atoms with Crippen LogP contribution in [0.2, 0.25) is 5.02 Å². The average Bonchev–Trinajstić information content (AvgIpc) is 3.09. The van der Waals surface area contributed by atoms with Crippen molar-refractivity contribution in [1.82, 2.24) is 15.5 Å². The van der Waals surface area contributed by atoms with Gasteiger partial charge in [-0.05, 0) is 35.9 Å². The molecule has 25 heavy (non-hydrogen) atoms. The SMILES string of the molecule is O=C(CCc1nc(-c2ccc(F)cc2)no1)NCc1ccccc1Cl. The fourth-order valence-electron chi connectivity index (χ4n) is 2.22. The lowest BCUT2D eigenvalue weighted by Crippen LogP contribution is -2.23. The standard InChI is InChI=1S/C18H15ClFN3O2/c19-15-4-2-1-3-13(15)11-21-16(24)9-10-17-22-18(23-25-17)12-5-7-14(20)8-6-12/h1-8H,9-11H2,(H,21,24). The molecule has 0 bridgehead atoms. The largest absolute Gasteiger partial charge is 0.352 e. The number of hydrogen-bond donors (Lipinski definition) is 1. The van der Waals surface area contributed by atoms with E-state index in [1.807, 2.05) is 18.2 Å². The molecule has 1 heterocycles. The highest BCUT2D eigenvalue weighted by molar-refractivity contribution is 6.31. The Bertz CT molecular complexity index is 865. The Morgan fingerprint density at radius 1 is 1.16 bits per heavy atom. The number of halogens is 2. The minimum Gasteiger partial charge on any atom is -0.352 e. The van der Waals surface area contributed by atoms with Gasteiger partial charge in [0.2, 0.25) is 17.6 Å². The first-order valence-electron chi connectivity index (χ1n) is 7.70. The Labute approximate surface area is 148 Å². The summed E-state index contributed by atoms with van der Waals surface area (Å²) in [6.45, 7) is 0.364. The maximum atomic E-state index is 12.9. The molecule has 7 heteroatoms. The molecule has 0 unspecified atom stereocenters. The smallest absolute Gasteiger partial charge is 0.227 e. The average molecular weight is 360 g/mol. The summed E-state index contributed by atoms with van der Waals surface area (Å²) in [7, 11) is 0. The number of benzene rings is 2. The van der Waals surface area contributed by atoms with Gasteiger partial charge < -0.3 is 9.84 Å². The molecule has 128 valence electrons. The van der Waals surface area contributed by atoms with Crippen molar-refractivity contribution in [3.05, 3.63) is 70.8 Å². The van der Waals surface area contributed by atoms with Crippen molar-refractivity contribution < 1.29 is 13.7 Å². The molecule has 0 atom stereocenters. The summed E-state index contributed by atoms with van der Waals surface area (Å²) in [5.41, 5.74) is 1.51. The Morgan fingerprint density at radius 3 is 2.68 bits per heavy atom. The summed E-state index contributed by atoms with van der Waals surface area (Å²) in [5.74, 6) is 0.253. The van der Waals surface area contributed by atoms with E-state index in [0.717, 1.165) is 5.56 Å². The van der Waals surface area contributed by atoms with Crippen LogP contribution in [0.1, 0.15) is 17.9 Å². The van der Waals surface area contributed by atoms with Gasteiger partial charge in [-0.3, -0.25) is 4.79 Å². The van der Waals surface area contributed by atoms with Crippen molar-refractivity contribution in [3.63, 3.8) is 0 Å². The lowest BCUT2D eigenvalue weighted by Gasteiger charge is -2.05. The van der Waals surface area contributed by atoms with Crippen molar-refractivity contribution >= 4 is 17.5 Å². The molecule has 3 aromatic rings. The van der Waals surface area contributed by atoms with Crippen LogP contribution >= 0.6 is 11.6 Å². The predicted molar refractivity (Wildman–Crippen MR) is 91.3 cm³/mol. The van der Waals surface area contributed by atoms with Crippen molar-refractivity contribution in [3.8, 4) is 11.4 Å². The normalized spacial score (nSPS) is 10.6. The molecule has 1 aromatic heterocycles. The molecule has 0 aliphatic carbocycles. The van der Waals surface area contributed by atoms with Gasteiger partial charge in [0.1, 0.15) is 5.82 Å². The second-order valence-corrected chi connectivity index (χ2v) is 5.79. The van der Waals surface area contributed by atoms with Crippen LogP contribution < -0.4 is 5.32 Å². The highest BCUT2D eigenvalue weighted by Gasteiger charge is 2.11. The number of rotatable bonds is 6. The predicted octanol–water partition coefficient (Wildman–Crippen LogP) is 3.78. The van der Waals surface area contributed by atoms with E-state index in [4.69, 9.17) is 16.1 Å². The van der Waals surface area contributed by atoms with Crippen LogP contribution in [0, 0.1) is 5.82 Å². The zero-order chi connectivity index (χ0) is 17.6. The number of aryl methyl sites for hydroxylation is 1. The van der Waals surface area contributed by atoms with Crippen LogP contribution in [0.15, 0.2) is 53.1 Å². The highest BCUT2D eigenvalue weighted by Crippen LogP contribution is 2.17. The number of carbonyl (C=O) groups is 1. The topological polar surface area (TPSA) is 68.0 Å². The Hall–Kier alpha value is -2.73. The van der Waals surface area contributed by atoms with E-state index >= 15 is 0 Å². The Kier molecular flexibility index (Phi) is 5.40. The summed E-state index contributed by atoms with van der Waals surface area (Å²) in [6.07, 6.45) is 0.540. The zero-order valence-electron chi connectivity index (χ0n) is 13.2. The Balaban J connectivity index is 1.51. The Morgan fingerprint density at radius 2 is 1.92 bits per heavy atom. The molecular weight excluding hydrogens is 345 g/mol. The van der Waals surface area contributed by atoms with E-state index in [-0.39, 0.29) is 18.1 Å². The zero-order valence-corrected chi connectivity index (χ0v) is 14.0. The first-order chi connectivity index (χ1) is 12.1. The van der Waals surface area contributed by atoms with E-state index in [0.29, 0.717) is 35.3 Å². The van der Waals surface area contributed by atoms with Crippen molar-refractivity contribution in [2.75, 3.05) is 0 Å². The van der Waals surface area contributed by atoms with Gasteiger partial charge in [0.25, 0.3) is 0 Å². The number of carbonyl (C=O) groups excluding carboxylic acids is 1. The van der Waals surface area contributed by atoms with Crippen LogP contribution in [-0.2, 0) is 17.8 Å². The molecule has 1 amide bonds. The number of hydrogen-bond acceptors (Lipinski definition) is 4. The third kappa shape index (κ3) is 4.64. The van der Waals surface area contributed by atoms with Crippen LogP contribution in [-0.4, -0.2) is 16.0 Å².